The van der Waals surface area contributed by atoms with Crippen LogP contribution in [-0.4, -0.2) is 16.4 Å². The molecule has 52 valence electrons. The van der Waals surface area contributed by atoms with Crippen LogP contribution in [0.5, 0.6) is 0 Å². The molecule has 1 rings (SSSR count). The van der Waals surface area contributed by atoms with E-state index in [-0.39, 0.29) is 12.1 Å². The summed E-state index contributed by atoms with van der Waals surface area (Å²) in [5.74, 6) is -0.144. The maximum Gasteiger partial charge on any atom is 0.322 e. The molecule has 2 nitrogen and oxygen atoms in total. The zero-order chi connectivity index (χ0) is 7.07. The highest BCUT2D eigenvalue weighted by atomic mass is 79.9. The molecule has 0 N–H and O–H groups in total. The lowest BCUT2D eigenvalue weighted by molar-refractivity contribution is -0.142. The lowest BCUT2D eigenvalue weighted by Gasteiger charge is -2.05. The summed E-state index contributed by atoms with van der Waals surface area (Å²) in [5.41, 5.74) is 0. The van der Waals surface area contributed by atoms with Gasteiger partial charge in [0.2, 0.25) is 0 Å². The summed E-state index contributed by atoms with van der Waals surface area (Å²) in [4.78, 5) is 10.8. The first-order chi connectivity index (χ1) is 4.02. The summed E-state index contributed by atoms with van der Waals surface area (Å²) in [7, 11) is 0. The van der Waals surface area contributed by atoms with Gasteiger partial charge in [0, 0.05) is 6.42 Å². The van der Waals surface area contributed by atoms with Gasteiger partial charge in [0.1, 0.15) is 10.4 Å². The fourth-order valence-corrected chi connectivity index (χ4v) is 1.52. The summed E-state index contributed by atoms with van der Waals surface area (Å²) in [6, 6.07) is 0. The number of esters is 1. The lowest BCUT2D eigenvalue weighted by atomic mass is 10.1. The number of rotatable bonds is 0. The Morgan fingerprint density at radius 3 is 2.56 bits per heavy atom. The van der Waals surface area contributed by atoms with Gasteiger partial charge in [0.05, 0.1) is 0 Å². The standard InChI is InChI=1S/C6H9BrO2/c1-4-3-6(2,7)5(8)9-4/h4H,3H2,1-2H3/t4-,6+/m1/s1. The maximum atomic E-state index is 10.8. The Labute approximate surface area is 62.7 Å². The molecule has 0 radical (unpaired) electrons. The van der Waals surface area contributed by atoms with Crippen LogP contribution < -0.4 is 0 Å². The zero-order valence-electron chi connectivity index (χ0n) is 5.48. The van der Waals surface area contributed by atoms with E-state index in [9.17, 15) is 4.79 Å². The molecule has 1 heterocycles. The van der Waals surface area contributed by atoms with Crippen molar-refractivity contribution in [3.8, 4) is 0 Å². The van der Waals surface area contributed by atoms with E-state index in [0.717, 1.165) is 6.42 Å². The van der Waals surface area contributed by atoms with Gasteiger partial charge in [0.25, 0.3) is 0 Å². The first-order valence-electron chi connectivity index (χ1n) is 2.92. The van der Waals surface area contributed by atoms with Crippen LogP contribution in [0.4, 0.5) is 0 Å². The van der Waals surface area contributed by atoms with Crippen LogP contribution in [0.2, 0.25) is 0 Å². The summed E-state index contributed by atoms with van der Waals surface area (Å²) in [5, 5.41) is 0. The van der Waals surface area contributed by atoms with Crippen molar-refractivity contribution in [3.63, 3.8) is 0 Å². The van der Waals surface area contributed by atoms with E-state index < -0.39 is 4.32 Å². The van der Waals surface area contributed by atoms with Gasteiger partial charge in [-0.15, -0.1) is 0 Å². The van der Waals surface area contributed by atoms with Crippen molar-refractivity contribution in [2.24, 2.45) is 0 Å². The molecule has 1 aliphatic heterocycles. The second kappa shape index (κ2) is 1.97. The van der Waals surface area contributed by atoms with E-state index in [4.69, 9.17) is 4.74 Å². The van der Waals surface area contributed by atoms with Crippen LogP contribution in [0.3, 0.4) is 0 Å². The van der Waals surface area contributed by atoms with E-state index in [1.165, 1.54) is 0 Å². The van der Waals surface area contributed by atoms with Gasteiger partial charge in [-0.05, 0) is 13.8 Å². The minimum Gasteiger partial charge on any atom is -0.462 e. The topological polar surface area (TPSA) is 26.3 Å². The quantitative estimate of drug-likeness (QED) is 0.430. The molecule has 0 amide bonds. The van der Waals surface area contributed by atoms with Gasteiger partial charge >= 0.3 is 5.97 Å². The molecular formula is C6H9BrO2. The Morgan fingerprint density at radius 1 is 1.89 bits per heavy atom. The number of hydrogen-bond acceptors (Lipinski definition) is 2. The van der Waals surface area contributed by atoms with Gasteiger partial charge < -0.3 is 4.74 Å². The Kier molecular flexibility index (Phi) is 1.55. The minimum absolute atomic E-state index is 0.0712. The summed E-state index contributed by atoms with van der Waals surface area (Å²) in [6.45, 7) is 3.73. The first-order valence-corrected chi connectivity index (χ1v) is 3.72. The molecule has 0 aromatic carbocycles. The average molecular weight is 193 g/mol. The largest absolute Gasteiger partial charge is 0.462 e. The third kappa shape index (κ3) is 1.26. The highest BCUT2D eigenvalue weighted by molar-refractivity contribution is 9.10. The molecule has 0 bridgehead atoms. The van der Waals surface area contributed by atoms with Crippen LogP contribution in [0.25, 0.3) is 0 Å². The van der Waals surface area contributed by atoms with Crippen LogP contribution >= 0.6 is 15.9 Å². The molecule has 1 saturated heterocycles. The fourth-order valence-electron chi connectivity index (χ4n) is 0.970. The van der Waals surface area contributed by atoms with Crippen molar-refractivity contribution in [3.05, 3.63) is 0 Å². The second-order valence-electron chi connectivity index (χ2n) is 2.62. The second-order valence-corrected chi connectivity index (χ2v) is 4.37. The van der Waals surface area contributed by atoms with E-state index in [1.807, 2.05) is 13.8 Å². The SMILES string of the molecule is C[C@@H]1C[C@](C)(Br)C(=O)O1. The normalized spacial score (nSPS) is 43.0. The summed E-state index contributed by atoms with van der Waals surface area (Å²) in [6.07, 6.45) is 0.841. The molecule has 1 fully saturated rings. The van der Waals surface area contributed by atoms with E-state index >= 15 is 0 Å². The molecule has 0 saturated carbocycles. The summed E-state index contributed by atoms with van der Waals surface area (Å²) >= 11 is 3.27. The van der Waals surface area contributed by atoms with Gasteiger partial charge in [-0.25, -0.2) is 0 Å². The molecule has 0 aromatic heterocycles. The molecule has 2 atom stereocenters. The lowest BCUT2D eigenvalue weighted by Crippen LogP contribution is -2.21. The Morgan fingerprint density at radius 2 is 2.44 bits per heavy atom. The molecular weight excluding hydrogens is 184 g/mol. The van der Waals surface area contributed by atoms with E-state index in [0.29, 0.717) is 0 Å². The Hall–Kier alpha value is -0.0500. The monoisotopic (exact) mass is 192 g/mol. The van der Waals surface area contributed by atoms with E-state index in [1.54, 1.807) is 0 Å². The molecule has 0 spiro atoms. The number of halogens is 1. The number of cyclic esters (lactones) is 1. The van der Waals surface area contributed by atoms with Gasteiger partial charge in [-0.1, -0.05) is 15.9 Å². The van der Waals surface area contributed by atoms with Crippen LogP contribution in [0.15, 0.2) is 0 Å². The van der Waals surface area contributed by atoms with Crippen LogP contribution in [0.1, 0.15) is 20.3 Å². The summed E-state index contributed by atoms with van der Waals surface area (Å²) < 4.78 is 4.47. The van der Waals surface area contributed by atoms with Crippen molar-refractivity contribution in [1.29, 1.82) is 0 Å². The zero-order valence-corrected chi connectivity index (χ0v) is 7.06. The third-order valence-electron chi connectivity index (χ3n) is 1.40. The molecule has 0 unspecified atom stereocenters. The third-order valence-corrected chi connectivity index (χ3v) is 2.05. The number of carbonyl (C=O) groups is 1. The first kappa shape index (κ1) is 7.06. The highest BCUT2D eigenvalue weighted by Crippen LogP contribution is 2.32. The van der Waals surface area contributed by atoms with Crippen LogP contribution in [0, 0.1) is 0 Å². The predicted octanol–water partition coefficient (Wildman–Crippen LogP) is 1.48. The number of hydrogen-bond donors (Lipinski definition) is 0. The van der Waals surface area contributed by atoms with Crippen LogP contribution in [-0.2, 0) is 9.53 Å². The fraction of sp³-hybridized carbons (Fsp3) is 0.833. The van der Waals surface area contributed by atoms with Gasteiger partial charge in [-0.3, -0.25) is 4.79 Å². The average Bonchev–Trinajstić information content (AvgIpc) is 1.79. The Balaban J connectivity index is 2.70. The maximum absolute atomic E-state index is 10.8. The van der Waals surface area contributed by atoms with Crippen molar-refractivity contribution < 1.29 is 9.53 Å². The van der Waals surface area contributed by atoms with E-state index in [2.05, 4.69) is 15.9 Å². The number of alkyl halides is 1. The molecule has 9 heavy (non-hydrogen) atoms. The van der Waals surface area contributed by atoms with Gasteiger partial charge in [0.15, 0.2) is 0 Å². The predicted molar refractivity (Wildman–Crippen MR) is 37.5 cm³/mol. The molecule has 1 aliphatic rings. The van der Waals surface area contributed by atoms with Crippen molar-refractivity contribution in [2.75, 3.05) is 0 Å². The van der Waals surface area contributed by atoms with Crippen molar-refractivity contribution in [2.45, 2.75) is 30.7 Å². The van der Waals surface area contributed by atoms with Crippen molar-refractivity contribution in [1.82, 2.24) is 0 Å². The van der Waals surface area contributed by atoms with Gasteiger partial charge in [-0.2, -0.15) is 0 Å². The molecule has 0 aliphatic carbocycles. The smallest absolute Gasteiger partial charge is 0.322 e. The number of carbonyl (C=O) groups excluding carboxylic acids is 1. The molecule has 3 heteroatoms. The molecule has 0 aromatic rings. The minimum atomic E-state index is -0.424. The highest BCUT2D eigenvalue weighted by Gasteiger charge is 2.41. The Bertz CT molecular complexity index is 142. The van der Waals surface area contributed by atoms with Crippen molar-refractivity contribution >= 4 is 21.9 Å². The number of ether oxygens (including phenoxy) is 1.